The van der Waals surface area contributed by atoms with Crippen LogP contribution in [0.5, 0.6) is 11.5 Å². The van der Waals surface area contributed by atoms with Crippen LogP contribution in [-0.2, 0) is 16.6 Å². The Morgan fingerprint density at radius 2 is 1.88 bits per heavy atom. The van der Waals surface area contributed by atoms with Crippen molar-refractivity contribution in [2.24, 2.45) is 5.14 Å². The summed E-state index contributed by atoms with van der Waals surface area (Å²) in [6.07, 6.45) is 0. The molecule has 0 atom stereocenters. The van der Waals surface area contributed by atoms with Crippen LogP contribution in [0.2, 0.25) is 0 Å². The van der Waals surface area contributed by atoms with Crippen molar-refractivity contribution in [1.82, 2.24) is 5.32 Å². The topological polar surface area (TPSA) is 108 Å². The van der Waals surface area contributed by atoms with E-state index in [4.69, 9.17) is 14.6 Å². The van der Waals surface area contributed by atoms with Crippen molar-refractivity contribution < 1.29 is 22.7 Å². The molecule has 1 amide bonds. The number of methoxy groups -OCH3 is 2. The van der Waals surface area contributed by atoms with Crippen LogP contribution < -0.4 is 19.9 Å². The summed E-state index contributed by atoms with van der Waals surface area (Å²) in [6, 6.07) is 9.22. The second kappa shape index (κ2) is 7.85. The third kappa shape index (κ3) is 4.71. The van der Waals surface area contributed by atoms with Gasteiger partial charge in [0.1, 0.15) is 11.5 Å². The Kier molecular flexibility index (Phi) is 6.04. The van der Waals surface area contributed by atoms with Crippen LogP contribution in [0.1, 0.15) is 15.9 Å². The van der Waals surface area contributed by atoms with Crippen molar-refractivity contribution in [2.45, 2.75) is 11.4 Å². The number of sulfonamides is 1. The SMILES string of the molecule is COc1ccc(OC)c(CNC(=O)c2cc(S(N)(=O)=O)ccc2Br)c1. The molecule has 3 N–H and O–H groups in total. The Hall–Kier alpha value is -2.10. The molecule has 0 aromatic heterocycles. The van der Waals surface area contributed by atoms with Crippen molar-refractivity contribution in [2.75, 3.05) is 14.2 Å². The Bertz CT molecular complexity index is 899. The molecule has 0 unspecified atom stereocenters. The Morgan fingerprint density at radius 1 is 1.16 bits per heavy atom. The van der Waals surface area contributed by atoms with E-state index in [0.717, 1.165) is 0 Å². The molecule has 2 aromatic carbocycles. The van der Waals surface area contributed by atoms with Crippen LogP contribution in [0.25, 0.3) is 0 Å². The van der Waals surface area contributed by atoms with Gasteiger partial charge in [-0.2, -0.15) is 0 Å². The van der Waals surface area contributed by atoms with Crippen LogP contribution in [0.15, 0.2) is 45.8 Å². The standard InChI is InChI=1S/C16H17BrN2O5S/c1-23-11-3-6-15(24-2)10(7-11)9-19-16(20)13-8-12(25(18,21)22)4-5-14(13)17/h3-8H,9H2,1-2H3,(H,19,20)(H2,18,21,22). The lowest BCUT2D eigenvalue weighted by Crippen LogP contribution is -2.24. The minimum atomic E-state index is -3.90. The van der Waals surface area contributed by atoms with Crippen molar-refractivity contribution in [1.29, 1.82) is 0 Å². The molecular weight excluding hydrogens is 412 g/mol. The van der Waals surface area contributed by atoms with E-state index in [0.29, 0.717) is 21.5 Å². The highest BCUT2D eigenvalue weighted by Crippen LogP contribution is 2.24. The van der Waals surface area contributed by atoms with Gasteiger partial charge in [0.25, 0.3) is 5.91 Å². The average molecular weight is 429 g/mol. The maximum absolute atomic E-state index is 12.4. The molecule has 0 aliphatic carbocycles. The first-order valence-electron chi connectivity index (χ1n) is 7.07. The lowest BCUT2D eigenvalue weighted by atomic mass is 10.1. The van der Waals surface area contributed by atoms with Gasteiger partial charge in [0.05, 0.1) is 24.7 Å². The molecule has 9 heteroatoms. The molecule has 0 fully saturated rings. The quantitative estimate of drug-likeness (QED) is 0.731. The summed E-state index contributed by atoms with van der Waals surface area (Å²) in [5.74, 6) is 0.767. The van der Waals surface area contributed by atoms with Crippen molar-refractivity contribution in [3.63, 3.8) is 0 Å². The number of halogens is 1. The first-order valence-corrected chi connectivity index (χ1v) is 9.41. The maximum atomic E-state index is 12.4. The predicted octanol–water partition coefficient (Wildman–Crippen LogP) is 2.04. The molecule has 0 spiro atoms. The fourth-order valence-electron chi connectivity index (χ4n) is 2.15. The normalized spacial score (nSPS) is 11.0. The molecule has 0 bridgehead atoms. The Labute approximate surface area is 154 Å². The average Bonchev–Trinajstić information content (AvgIpc) is 2.58. The van der Waals surface area contributed by atoms with Crippen LogP contribution in [0.4, 0.5) is 0 Å². The number of hydrogen-bond donors (Lipinski definition) is 2. The second-order valence-electron chi connectivity index (χ2n) is 5.05. The number of carbonyl (C=O) groups is 1. The second-order valence-corrected chi connectivity index (χ2v) is 7.46. The van der Waals surface area contributed by atoms with E-state index in [-0.39, 0.29) is 17.0 Å². The van der Waals surface area contributed by atoms with E-state index in [1.54, 1.807) is 25.3 Å². The number of nitrogens with one attached hydrogen (secondary N) is 1. The van der Waals surface area contributed by atoms with E-state index in [1.165, 1.54) is 25.3 Å². The third-order valence-corrected chi connectivity index (χ3v) is 5.04. The lowest BCUT2D eigenvalue weighted by molar-refractivity contribution is 0.0949. The highest BCUT2D eigenvalue weighted by molar-refractivity contribution is 9.10. The minimum absolute atomic E-state index is 0.139. The van der Waals surface area contributed by atoms with Gasteiger partial charge in [0.2, 0.25) is 10.0 Å². The van der Waals surface area contributed by atoms with Gasteiger partial charge in [-0.25, -0.2) is 13.6 Å². The Morgan fingerprint density at radius 3 is 2.48 bits per heavy atom. The number of ether oxygens (including phenoxy) is 2. The fraction of sp³-hybridized carbons (Fsp3) is 0.188. The van der Waals surface area contributed by atoms with E-state index in [1.807, 2.05) is 0 Å². The van der Waals surface area contributed by atoms with E-state index in [2.05, 4.69) is 21.2 Å². The zero-order chi connectivity index (χ0) is 18.6. The summed E-state index contributed by atoms with van der Waals surface area (Å²) in [5.41, 5.74) is 0.877. The molecule has 0 aliphatic rings. The largest absolute Gasteiger partial charge is 0.497 e. The molecule has 25 heavy (non-hydrogen) atoms. The van der Waals surface area contributed by atoms with Gasteiger partial charge in [0, 0.05) is 16.6 Å². The molecule has 134 valence electrons. The number of amides is 1. The molecule has 0 aliphatic heterocycles. The molecule has 2 rings (SSSR count). The van der Waals surface area contributed by atoms with E-state index >= 15 is 0 Å². The lowest BCUT2D eigenvalue weighted by Gasteiger charge is -2.12. The zero-order valence-corrected chi connectivity index (χ0v) is 16.0. The molecule has 0 saturated heterocycles. The van der Waals surface area contributed by atoms with E-state index < -0.39 is 15.9 Å². The Balaban J connectivity index is 2.24. The van der Waals surface area contributed by atoms with Crippen LogP contribution in [0, 0.1) is 0 Å². The summed E-state index contributed by atoms with van der Waals surface area (Å²) < 4.78 is 33.8. The molecule has 0 radical (unpaired) electrons. The van der Waals surface area contributed by atoms with Gasteiger partial charge in [-0.05, 0) is 52.3 Å². The monoisotopic (exact) mass is 428 g/mol. The number of carbonyl (C=O) groups excluding carboxylic acids is 1. The van der Waals surface area contributed by atoms with Crippen molar-refractivity contribution >= 4 is 31.9 Å². The number of benzene rings is 2. The highest BCUT2D eigenvalue weighted by atomic mass is 79.9. The minimum Gasteiger partial charge on any atom is -0.497 e. The number of primary sulfonamides is 1. The summed E-state index contributed by atoms with van der Waals surface area (Å²) in [7, 11) is -0.831. The molecule has 0 saturated carbocycles. The van der Waals surface area contributed by atoms with Gasteiger partial charge in [0.15, 0.2) is 0 Å². The van der Waals surface area contributed by atoms with Crippen molar-refractivity contribution in [3.05, 3.63) is 52.0 Å². The number of nitrogens with two attached hydrogens (primary N) is 1. The number of rotatable bonds is 6. The fourth-order valence-corrected chi connectivity index (χ4v) is 3.11. The molecular formula is C16H17BrN2O5S. The summed E-state index contributed by atoms with van der Waals surface area (Å²) >= 11 is 3.23. The molecule has 0 heterocycles. The van der Waals surface area contributed by atoms with Gasteiger partial charge in [-0.15, -0.1) is 0 Å². The first kappa shape index (κ1) is 19.2. The van der Waals surface area contributed by atoms with Gasteiger partial charge >= 0.3 is 0 Å². The summed E-state index contributed by atoms with van der Waals surface area (Å²) in [5, 5.41) is 7.83. The molecule has 2 aromatic rings. The van der Waals surface area contributed by atoms with Crippen LogP contribution in [0.3, 0.4) is 0 Å². The smallest absolute Gasteiger partial charge is 0.252 e. The van der Waals surface area contributed by atoms with Gasteiger partial charge in [-0.3, -0.25) is 4.79 Å². The van der Waals surface area contributed by atoms with Gasteiger partial charge < -0.3 is 14.8 Å². The van der Waals surface area contributed by atoms with E-state index in [9.17, 15) is 13.2 Å². The third-order valence-electron chi connectivity index (χ3n) is 3.44. The predicted molar refractivity (Wildman–Crippen MR) is 96.2 cm³/mol. The van der Waals surface area contributed by atoms with Crippen LogP contribution >= 0.6 is 15.9 Å². The number of hydrogen-bond acceptors (Lipinski definition) is 5. The van der Waals surface area contributed by atoms with Crippen molar-refractivity contribution in [3.8, 4) is 11.5 Å². The summed E-state index contributed by atoms with van der Waals surface area (Å²) in [4.78, 5) is 12.3. The first-order chi connectivity index (χ1) is 11.8. The maximum Gasteiger partial charge on any atom is 0.252 e. The highest BCUT2D eigenvalue weighted by Gasteiger charge is 2.16. The zero-order valence-electron chi connectivity index (χ0n) is 13.6. The van der Waals surface area contributed by atoms with Gasteiger partial charge in [-0.1, -0.05) is 0 Å². The summed E-state index contributed by atoms with van der Waals surface area (Å²) in [6.45, 7) is 0.172. The molecule has 7 nitrogen and oxygen atoms in total. The van der Waals surface area contributed by atoms with Crippen LogP contribution in [-0.4, -0.2) is 28.5 Å².